The highest BCUT2D eigenvalue weighted by atomic mass is 16.6. The van der Waals surface area contributed by atoms with Crippen LogP contribution in [0, 0.1) is 11.8 Å². The van der Waals surface area contributed by atoms with E-state index in [0.717, 1.165) is 0 Å². The van der Waals surface area contributed by atoms with Gasteiger partial charge in [0.1, 0.15) is 5.78 Å². The Morgan fingerprint density at radius 2 is 1.41 bits per heavy atom. The first kappa shape index (κ1) is 15.6. The summed E-state index contributed by atoms with van der Waals surface area (Å²) in [7, 11) is 0. The van der Waals surface area contributed by atoms with Gasteiger partial charge in [-0.1, -0.05) is 6.92 Å². The molecule has 5 heteroatoms. The normalized spacial score (nSPS) is 12.1. The maximum absolute atomic E-state index is 11.6. The van der Waals surface area contributed by atoms with Crippen LogP contribution < -0.4 is 0 Å². The fourth-order valence-corrected chi connectivity index (χ4v) is 1.29. The molecule has 0 heterocycles. The molecule has 0 fully saturated rings. The molecular weight excluding hydrogens is 224 g/mol. The Hall–Kier alpha value is -1.39. The number of carbonyl (C=O) groups is 3. The molecule has 1 unspecified atom stereocenters. The zero-order valence-electron chi connectivity index (χ0n) is 10.8. The Morgan fingerprint density at radius 1 is 1.00 bits per heavy atom. The van der Waals surface area contributed by atoms with Crippen LogP contribution in [0.3, 0.4) is 0 Å². The van der Waals surface area contributed by atoms with Crippen LogP contribution in [0.1, 0.15) is 34.1 Å². The predicted octanol–water partition coefficient (Wildman–Crippen LogP) is 1.34. The van der Waals surface area contributed by atoms with Gasteiger partial charge in [0, 0.05) is 5.92 Å². The highest BCUT2D eigenvalue weighted by Gasteiger charge is 2.32. The molecule has 0 aliphatic carbocycles. The molecule has 0 radical (unpaired) electrons. The second-order valence-corrected chi connectivity index (χ2v) is 3.80. The van der Waals surface area contributed by atoms with Crippen molar-refractivity contribution in [1.82, 2.24) is 0 Å². The summed E-state index contributed by atoms with van der Waals surface area (Å²) in [6.45, 7) is 6.82. The maximum Gasteiger partial charge on any atom is 0.320 e. The van der Waals surface area contributed by atoms with E-state index in [0.29, 0.717) is 0 Å². The van der Waals surface area contributed by atoms with E-state index in [2.05, 4.69) is 0 Å². The smallest absolute Gasteiger partial charge is 0.320 e. The van der Waals surface area contributed by atoms with Crippen LogP contribution in [-0.2, 0) is 23.9 Å². The molecule has 0 aromatic rings. The van der Waals surface area contributed by atoms with Crippen molar-refractivity contribution in [3.8, 4) is 0 Å². The molecule has 17 heavy (non-hydrogen) atoms. The topological polar surface area (TPSA) is 69.7 Å². The average molecular weight is 244 g/mol. The van der Waals surface area contributed by atoms with Crippen molar-refractivity contribution >= 4 is 17.7 Å². The molecule has 0 amide bonds. The van der Waals surface area contributed by atoms with Crippen LogP contribution >= 0.6 is 0 Å². The second-order valence-electron chi connectivity index (χ2n) is 3.80. The van der Waals surface area contributed by atoms with Gasteiger partial charge in [0.2, 0.25) is 0 Å². The van der Waals surface area contributed by atoms with E-state index < -0.39 is 17.9 Å². The molecule has 1 atom stereocenters. The zero-order chi connectivity index (χ0) is 13.4. The second kappa shape index (κ2) is 7.81. The van der Waals surface area contributed by atoms with Crippen LogP contribution in [-0.4, -0.2) is 30.9 Å². The van der Waals surface area contributed by atoms with E-state index in [1.54, 1.807) is 20.8 Å². The number of rotatable bonds is 7. The van der Waals surface area contributed by atoms with Crippen molar-refractivity contribution in [2.45, 2.75) is 34.1 Å². The van der Waals surface area contributed by atoms with Crippen LogP contribution in [0.4, 0.5) is 0 Å². The van der Waals surface area contributed by atoms with E-state index in [1.165, 1.54) is 6.92 Å². The highest BCUT2D eigenvalue weighted by Crippen LogP contribution is 2.16. The summed E-state index contributed by atoms with van der Waals surface area (Å²) in [6.07, 6.45) is 0.132. The Balaban J connectivity index is 4.66. The molecule has 0 N–H and O–H groups in total. The summed E-state index contributed by atoms with van der Waals surface area (Å²) >= 11 is 0. The lowest BCUT2D eigenvalue weighted by molar-refractivity contribution is -0.162. The highest BCUT2D eigenvalue weighted by molar-refractivity contribution is 5.95. The predicted molar refractivity (Wildman–Crippen MR) is 61.2 cm³/mol. The summed E-state index contributed by atoms with van der Waals surface area (Å²) in [5.74, 6) is -2.69. The zero-order valence-corrected chi connectivity index (χ0v) is 10.8. The van der Waals surface area contributed by atoms with Crippen molar-refractivity contribution < 1.29 is 23.9 Å². The number of esters is 2. The quantitative estimate of drug-likeness (QED) is 0.499. The van der Waals surface area contributed by atoms with Gasteiger partial charge in [-0.15, -0.1) is 0 Å². The Bertz CT molecular complexity index is 267. The molecule has 0 rings (SSSR count). The summed E-state index contributed by atoms with van der Waals surface area (Å²) in [5, 5.41) is 0. The van der Waals surface area contributed by atoms with Crippen molar-refractivity contribution in [1.29, 1.82) is 0 Å². The molecule has 0 aromatic heterocycles. The molecule has 0 aliphatic heterocycles. The van der Waals surface area contributed by atoms with Gasteiger partial charge in [-0.3, -0.25) is 14.4 Å². The number of ether oxygens (including phenoxy) is 2. The first-order chi connectivity index (χ1) is 7.93. The number of Topliss-reactive ketones (excluding diaryl/α,β-unsaturated/α-hetero) is 1. The van der Waals surface area contributed by atoms with E-state index in [4.69, 9.17) is 9.47 Å². The monoisotopic (exact) mass is 244 g/mol. The van der Waals surface area contributed by atoms with Gasteiger partial charge in [-0.25, -0.2) is 0 Å². The van der Waals surface area contributed by atoms with Crippen molar-refractivity contribution in [3.05, 3.63) is 0 Å². The fraction of sp³-hybridized carbons (Fsp3) is 0.750. The van der Waals surface area contributed by atoms with Gasteiger partial charge in [-0.2, -0.15) is 0 Å². The van der Waals surface area contributed by atoms with Gasteiger partial charge < -0.3 is 9.47 Å². The lowest BCUT2D eigenvalue weighted by Crippen LogP contribution is -2.31. The van der Waals surface area contributed by atoms with E-state index >= 15 is 0 Å². The fourth-order valence-electron chi connectivity index (χ4n) is 1.29. The Labute approximate surface area is 101 Å². The summed E-state index contributed by atoms with van der Waals surface area (Å²) in [4.78, 5) is 34.3. The molecular formula is C12H20O5. The summed E-state index contributed by atoms with van der Waals surface area (Å²) < 4.78 is 9.60. The SMILES string of the molecule is CCOC(=O)C(CC(C)C(C)=O)C(=O)OCC. The first-order valence-corrected chi connectivity index (χ1v) is 5.77. The standard InChI is InChI=1S/C12H20O5/c1-5-16-11(14)10(12(15)17-6-2)7-8(3)9(4)13/h8,10H,5-7H2,1-4H3. The van der Waals surface area contributed by atoms with E-state index in [-0.39, 0.29) is 31.3 Å². The largest absolute Gasteiger partial charge is 0.465 e. The lowest BCUT2D eigenvalue weighted by Gasteiger charge is -2.16. The van der Waals surface area contributed by atoms with Crippen LogP contribution in [0.25, 0.3) is 0 Å². The minimum atomic E-state index is -1.01. The number of hydrogen-bond donors (Lipinski definition) is 0. The van der Waals surface area contributed by atoms with Crippen molar-refractivity contribution in [2.24, 2.45) is 11.8 Å². The van der Waals surface area contributed by atoms with Crippen LogP contribution in [0.2, 0.25) is 0 Å². The number of hydrogen-bond acceptors (Lipinski definition) is 5. The third kappa shape index (κ3) is 5.47. The Kier molecular flexibility index (Phi) is 7.18. The summed E-state index contributed by atoms with van der Waals surface area (Å²) in [6, 6.07) is 0. The van der Waals surface area contributed by atoms with Gasteiger partial charge >= 0.3 is 11.9 Å². The molecule has 0 spiro atoms. The summed E-state index contributed by atoms with van der Waals surface area (Å²) in [5.41, 5.74) is 0. The third-order valence-electron chi connectivity index (χ3n) is 2.43. The molecule has 5 nitrogen and oxygen atoms in total. The van der Waals surface area contributed by atoms with E-state index in [1.807, 2.05) is 0 Å². The first-order valence-electron chi connectivity index (χ1n) is 5.77. The lowest BCUT2D eigenvalue weighted by atomic mass is 9.93. The number of carbonyl (C=O) groups excluding carboxylic acids is 3. The molecule has 0 aliphatic rings. The molecule has 0 bridgehead atoms. The molecule has 98 valence electrons. The Morgan fingerprint density at radius 3 is 1.71 bits per heavy atom. The molecule has 0 aromatic carbocycles. The van der Waals surface area contributed by atoms with Crippen LogP contribution in [0.5, 0.6) is 0 Å². The maximum atomic E-state index is 11.6. The molecule has 0 saturated heterocycles. The number of ketones is 1. The van der Waals surface area contributed by atoms with Gasteiger partial charge in [-0.05, 0) is 27.2 Å². The van der Waals surface area contributed by atoms with E-state index in [9.17, 15) is 14.4 Å². The van der Waals surface area contributed by atoms with Crippen LogP contribution in [0.15, 0.2) is 0 Å². The molecule has 0 saturated carbocycles. The minimum Gasteiger partial charge on any atom is -0.465 e. The van der Waals surface area contributed by atoms with Crippen molar-refractivity contribution in [2.75, 3.05) is 13.2 Å². The van der Waals surface area contributed by atoms with Gasteiger partial charge in [0.25, 0.3) is 0 Å². The van der Waals surface area contributed by atoms with Crippen molar-refractivity contribution in [3.63, 3.8) is 0 Å². The van der Waals surface area contributed by atoms with Gasteiger partial charge in [0.05, 0.1) is 13.2 Å². The van der Waals surface area contributed by atoms with Gasteiger partial charge in [0.15, 0.2) is 5.92 Å². The minimum absolute atomic E-state index is 0.0661. The average Bonchev–Trinajstić information content (AvgIpc) is 2.25. The third-order valence-corrected chi connectivity index (χ3v) is 2.43.